The number of benzene rings is 4. The molecule has 16 heteroatoms. The molecule has 0 aromatic heterocycles. The molecule has 2 amide bonds. The molecule has 4 aromatic carbocycles. The number of amides is 2. The van der Waals surface area contributed by atoms with Crippen molar-refractivity contribution >= 4 is 46.4 Å². The molecule has 4 atom stereocenters. The van der Waals surface area contributed by atoms with Gasteiger partial charge < -0.3 is 19.6 Å². The van der Waals surface area contributed by atoms with E-state index in [0.29, 0.717) is 47.4 Å². The first-order valence-electron chi connectivity index (χ1n) is 19.5. The third kappa shape index (κ3) is 8.25. The fourth-order valence-electron chi connectivity index (χ4n) is 8.77. The molecule has 0 N–H and O–H groups in total. The van der Waals surface area contributed by atoms with Crippen molar-refractivity contribution in [2.75, 3.05) is 62.2 Å². The van der Waals surface area contributed by atoms with E-state index in [1.807, 2.05) is 47.9 Å². The lowest BCUT2D eigenvalue weighted by Gasteiger charge is -2.39. The highest BCUT2D eigenvalue weighted by Crippen LogP contribution is 2.69. The lowest BCUT2D eigenvalue weighted by Crippen LogP contribution is -2.53. The number of halogens is 10. The zero-order chi connectivity index (χ0) is 43.4. The fraction of sp³-hybridized carbons (Fsp3) is 0.409. The summed E-state index contributed by atoms with van der Waals surface area (Å²) in [6, 6.07) is 20.9. The second kappa shape index (κ2) is 16.4. The molecule has 2 aliphatic carbocycles. The summed E-state index contributed by atoms with van der Waals surface area (Å²) in [5, 5.41) is 1.18. The number of hydrogen-bond acceptors (Lipinski definition) is 4. The van der Waals surface area contributed by atoms with Gasteiger partial charge in [0.15, 0.2) is 10.8 Å². The smallest absolute Gasteiger partial charge is 0.368 e. The van der Waals surface area contributed by atoms with Crippen LogP contribution in [0.25, 0.3) is 0 Å². The van der Waals surface area contributed by atoms with Gasteiger partial charge in [-0.1, -0.05) is 59.6 Å². The van der Waals surface area contributed by atoms with Crippen LogP contribution in [0.5, 0.6) is 0 Å². The number of carbonyl (C=O) groups excluding carboxylic acids is 2. The van der Waals surface area contributed by atoms with E-state index < -0.39 is 58.5 Å². The number of alkyl halides is 6. The van der Waals surface area contributed by atoms with Crippen LogP contribution in [0, 0.1) is 36.3 Å². The molecule has 4 fully saturated rings. The quantitative estimate of drug-likeness (QED) is 0.181. The molecule has 2 aliphatic heterocycles. The average molecular weight is 882 g/mol. The Balaban J connectivity index is 0.000000181. The van der Waals surface area contributed by atoms with Crippen LogP contribution in [0.4, 0.5) is 46.5 Å². The minimum Gasteiger partial charge on any atom is -0.368 e. The van der Waals surface area contributed by atoms with Gasteiger partial charge in [-0.05, 0) is 97.5 Å². The third-order valence-electron chi connectivity index (χ3n) is 12.4. The monoisotopic (exact) mass is 880 g/mol. The molecule has 0 spiro atoms. The Kier molecular flexibility index (Phi) is 11.9. The first-order chi connectivity index (χ1) is 28.3. The van der Waals surface area contributed by atoms with Crippen molar-refractivity contribution in [3.8, 4) is 0 Å². The van der Waals surface area contributed by atoms with E-state index in [2.05, 4.69) is 0 Å². The van der Waals surface area contributed by atoms with E-state index >= 15 is 0 Å². The highest BCUT2D eigenvalue weighted by molar-refractivity contribution is 6.31. The maximum Gasteiger partial charge on any atom is 0.403 e. The summed E-state index contributed by atoms with van der Waals surface area (Å²) in [5.41, 5.74) is -0.260. The van der Waals surface area contributed by atoms with Gasteiger partial charge in [-0.25, -0.2) is 8.78 Å². The van der Waals surface area contributed by atoms with Crippen molar-refractivity contribution < 1.29 is 44.7 Å². The van der Waals surface area contributed by atoms with Gasteiger partial charge in [0.25, 0.3) is 0 Å². The summed E-state index contributed by atoms with van der Waals surface area (Å²) in [5.74, 6) is -4.75. The Morgan fingerprint density at radius 2 is 0.850 bits per heavy atom. The Morgan fingerprint density at radius 1 is 0.533 bits per heavy atom. The van der Waals surface area contributed by atoms with Gasteiger partial charge in [0.05, 0.1) is 0 Å². The largest absolute Gasteiger partial charge is 0.403 e. The summed E-state index contributed by atoms with van der Waals surface area (Å²) < 4.78 is 110. The average Bonchev–Trinajstić information content (AvgIpc) is 4.14. The van der Waals surface area contributed by atoms with E-state index in [1.165, 1.54) is 34.1 Å². The molecule has 8 rings (SSSR count). The van der Waals surface area contributed by atoms with Crippen LogP contribution in [-0.2, 0) is 9.59 Å². The molecule has 4 aromatic rings. The summed E-state index contributed by atoms with van der Waals surface area (Å²) in [6.07, 6.45) is -9.92. The van der Waals surface area contributed by atoms with Crippen LogP contribution in [0.15, 0.2) is 84.9 Å². The van der Waals surface area contributed by atoms with Crippen molar-refractivity contribution in [3.05, 3.63) is 129 Å². The highest BCUT2D eigenvalue weighted by Gasteiger charge is 2.77. The molecule has 6 nitrogen and oxygen atoms in total. The number of piperazine rings is 2. The van der Waals surface area contributed by atoms with Crippen molar-refractivity contribution in [3.63, 3.8) is 0 Å². The third-order valence-corrected chi connectivity index (χ3v) is 12.9. The van der Waals surface area contributed by atoms with Crippen LogP contribution in [0.3, 0.4) is 0 Å². The van der Waals surface area contributed by atoms with Crippen LogP contribution in [0.2, 0.25) is 10.0 Å². The Hall–Kier alpha value is -4.56. The summed E-state index contributed by atoms with van der Waals surface area (Å²) in [6.45, 7) is 6.45. The predicted molar refractivity (Wildman–Crippen MR) is 214 cm³/mol. The number of anilines is 2. The molecule has 2 saturated carbocycles. The molecule has 2 heterocycles. The van der Waals surface area contributed by atoms with Crippen LogP contribution >= 0.6 is 23.2 Å². The molecular formula is C44H42Cl2F8N4O2. The predicted octanol–water partition coefficient (Wildman–Crippen LogP) is 10.3. The van der Waals surface area contributed by atoms with Crippen molar-refractivity contribution in [2.24, 2.45) is 10.8 Å². The molecule has 0 bridgehead atoms. The second-order valence-electron chi connectivity index (χ2n) is 16.0. The van der Waals surface area contributed by atoms with Gasteiger partial charge in [0, 0.05) is 85.6 Å². The zero-order valence-corrected chi connectivity index (χ0v) is 34.2. The Morgan fingerprint density at radius 3 is 1.15 bits per heavy atom. The summed E-state index contributed by atoms with van der Waals surface area (Å²) >= 11 is 12.2. The molecule has 4 aliphatic rings. The number of rotatable bonds is 6. The first-order valence-corrected chi connectivity index (χ1v) is 20.3. The van der Waals surface area contributed by atoms with E-state index in [4.69, 9.17) is 23.2 Å². The number of nitrogens with zero attached hydrogens (tertiary/aromatic N) is 4. The maximum atomic E-state index is 14.0. The molecule has 0 radical (unpaired) electrons. The Labute approximate surface area is 352 Å². The van der Waals surface area contributed by atoms with Gasteiger partial charge in [0.2, 0.25) is 11.8 Å². The highest BCUT2D eigenvalue weighted by atomic mass is 35.5. The number of carbonyl (C=O) groups is 2. The van der Waals surface area contributed by atoms with Crippen LogP contribution in [-0.4, -0.2) is 86.3 Å². The van der Waals surface area contributed by atoms with E-state index in [9.17, 15) is 44.7 Å². The van der Waals surface area contributed by atoms with E-state index in [1.54, 1.807) is 12.1 Å². The van der Waals surface area contributed by atoms with Crippen molar-refractivity contribution in [1.82, 2.24) is 9.80 Å². The SMILES string of the molecule is Cc1ccc(Cl)cc1N1CCN(C(=O)[C@]2(C(F)(F)F)C[C@@H]2c2ccc(F)cc2)CC1.Cc1ccc(Cl)cc1N1CCN(C(=O)[C@]2(C(F)(F)F)C[C@H]2c2ccc(F)cc2)CC1. The lowest BCUT2D eigenvalue weighted by molar-refractivity contribution is -0.201. The second-order valence-corrected chi connectivity index (χ2v) is 16.8. The minimum atomic E-state index is -4.66. The fourth-order valence-corrected chi connectivity index (χ4v) is 9.11. The maximum absolute atomic E-state index is 14.0. The van der Waals surface area contributed by atoms with Crippen LogP contribution < -0.4 is 9.80 Å². The molecular weight excluding hydrogens is 839 g/mol. The number of aryl methyl sites for hydroxylation is 2. The first kappa shape index (κ1) is 43.5. The summed E-state index contributed by atoms with van der Waals surface area (Å²) in [7, 11) is 0. The summed E-state index contributed by atoms with van der Waals surface area (Å²) in [4.78, 5) is 32.8. The van der Waals surface area contributed by atoms with Gasteiger partial charge >= 0.3 is 12.4 Å². The lowest BCUT2D eigenvalue weighted by atomic mass is 9.96. The van der Waals surface area contributed by atoms with Gasteiger partial charge in [-0.2, -0.15) is 26.3 Å². The standard InChI is InChI=1S/2C22H21ClF4N2O/c2*1-14-2-5-16(23)12-19(14)28-8-10-29(11-9-28)20(30)21(22(25,26)27)13-18(21)15-3-6-17(24)7-4-15/h2*2-7,12,18H,8-11,13H2,1H3/t18-,21+;18-,21-/m10/s1. The van der Waals surface area contributed by atoms with E-state index in [0.717, 1.165) is 46.8 Å². The molecule has 320 valence electrons. The van der Waals surface area contributed by atoms with Crippen molar-refractivity contribution in [2.45, 2.75) is 50.9 Å². The molecule has 60 heavy (non-hydrogen) atoms. The molecule has 0 unspecified atom stereocenters. The minimum absolute atomic E-state index is 0.207. The van der Waals surface area contributed by atoms with Crippen molar-refractivity contribution in [1.29, 1.82) is 0 Å². The molecule has 2 saturated heterocycles. The Bertz CT molecular complexity index is 2070. The van der Waals surface area contributed by atoms with Gasteiger partial charge in [-0.3, -0.25) is 9.59 Å². The number of hydrogen-bond donors (Lipinski definition) is 0. The zero-order valence-electron chi connectivity index (χ0n) is 32.7. The normalized spacial score (nSPS) is 24.1. The van der Waals surface area contributed by atoms with E-state index in [-0.39, 0.29) is 39.0 Å². The van der Waals surface area contributed by atoms with Gasteiger partial charge in [0.1, 0.15) is 11.6 Å². The topological polar surface area (TPSA) is 47.1 Å². The van der Waals surface area contributed by atoms with Gasteiger partial charge in [-0.15, -0.1) is 0 Å². The van der Waals surface area contributed by atoms with Crippen LogP contribution in [0.1, 0.15) is 46.9 Å².